The third kappa shape index (κ3) is 6.31. The topological polar surface area (TPSA) is 80.3 Å². The van der Waals surface area contributed by atoms with Crippen molar-refractivity contribution in [2.45, 2.75) is 45.2 Å². The monoisotopic (exact) mass is 292 g/mol. The zero-order chi connectivity index (χ0) is 15.7. The van der Waals surface area contributed by atoms with Crippen molar-refractivity contribution in [1.29, 1.82) is 0 Å². The normalized spacial score (nSPS) is 16.9. The van der Waals surface area contributed by atoms with Gasteiger partial charge in [-0.25, -0.2) is 0 Å². The van der Waals surface area contributed by atoms with Crippen LogP contribution in [0.2, 0.25) is 0 Å². The Hall–Kier alpha value is -1.18. The summed E-state index contributed by atoms with van der Waals surface area (Å²) in [6.07, 6.45) is -2.17. The number of esters is 2. The second kappa shape index (κ2) is 9.68. The van der Waals surface area contributed by atoms with E-state index in [-0.39, 0.29) is 6.61 Å². The van der Waals surface area contributed by atoms with Gasteiger partial charge in [0.25, 0.3) is 0 Å². The predicted molar refractivity (Wildman–Crippen MR) is 70.3 cm³/mol. The highest BCUT2D eigenvalue weighted by atomic mass is 16.6. The summed E-state index contributed by atoms with van der Waals surface area (Å²) in [7, 11) is 4.44. The largest absolute Gasteiger partial charge is 0.463 e. The first-order valence-electron chi connectivity index (χ1n) is 6.26. The van der Waals surface area contributed by atoms with E-state index in [0.717, 1.165) is 0 Å². The number of hydrogen-bond acceptors (Lipinski definition) is 7. The molecule has 0 saturated heterocycles. The molecule has 0 saturated carbocycles. The SMILES string of the molecule is CO[C@@H]([C@H](OC)[C@@H](COC(C)=O)OC)[C@@H](C)OC(C)=O. The Morgan fingerprint density at radius 2 is 1.45 bits per heavy atom. The summed E-state index contributed by atoms with van der Waals surface area (Å²) < 4.78 is 26.0. The van der Waals surface area contributed by atoms with Gasteiger partial charge in [0.1, 0.15) is 31.0 Å². The number of rotatable bonds is 9. The molecule has 7 heteroatoms. The molecule has 4 atom stereocenters. The molecule has 0 unspecified atom stereocenters. The van der Waals surface area contributed by atoms with E-state index >= 15 is 0 Å². The molecule has 0 spiro atoms. The molecule has 0 aliphatic carbocycles. The fourth-order valence-electron chi connectivity index (χ4n) is 1.92. The number of ether oxygens (including phenoxy) is 5. The Morgan fingerprint density at radius 3 is 1.80 bits per heavy atom. The van der Waals surface area contributed by atoms with Crippen molar-refractivity contribution in [1.82, 2.24) is 0 Å². The van der Waals surface area contributed by atoms with E-state index in [1.807, 2.05) is 0 Å². The van der Waals surface area contributed by atoms with Crippen LogP contribution in [-0.2, 0) is 33.3 Å². The molecular formula is C13H24O7. The van der Waals surface area contributed by atoms with Gasteiger partial charge in [0.05, 0.1) is 0 Å². The van der Waals surface area contributed by atoms with Gasteiger partial charge in [-0.05, 0) is 6.92 Å². The maximum atomic E-state index is 11.0. The van der Waals surface area contributed by atoms with Crippen LogP contribution in [0.15, 0.2) is 0 Å². The van der Waals surface area contributed by atoms with E-state index < -0.39 is 36.4 Å². The summed E-state index contributed by atoms with van der Waals surface area (Å²) in [5.74, 6) is -0.827. The van der Waals surface area contributed by atoms with E-state index in [0.29, 0.717) is 0 Å². The molecular weight excluding hydrogens is 268 g/mol. The summed E-state index contributed by atoms with van der Waals surface area (Å²) >= 11 is 0. The minimum Gasteiger partial charge on any atom is -0.463 e. The van der Waals surface area contributed by atoms with Crippen LogP contribution in [0.1, 0.15) is 20.8 Å². The van der Waals surface area contributed by atoms with E-state index in [4.69, 9.17) is 23.7 Å². The van der Waals surface area contributed by atoms with Crippen LogP contribution in [-0.4, -0.2) is 64.3 Å². The fourth-order valence-corrected chi connectivity index (χ4v) is 1.92. The van der Waals surface area contributed by atoms with Crippen LogP contribution in [0.5, 0.6) is 0 Å². The van der Waals surface area contributed by atoms with Gasteiger partial charge in [-0.3, -0.25) is 9.59 Å². The first-order chi connectivity index (χ1) is 9.37. The van der Waals surface area contributed by atoms with Gasteiger partial charge in [-0.2, -0.15) is 0 Å². The molecule has 0 heterocycles. The van der Waals surface area contributed by atoms with Crippen molar-refractivity contribution < 1.29 is 33.3 Å². The first-order valence-corrected chi connectivity index (χ1v) is 6.26. The molecule has 0 aliphatic heterocycles. The maximum Gasteiger partial charge on any atom is 0.302 e. The molecule has 0 aliphatic rings. The van der Waals surface area contributed by atoms with Crippen molar-refractivity contribution in [3.05, 3.63) is 0 Å². The zero-order valence-corrected chi connectivity index (χ0v) is 12.9. The van der Waals surface area contributed by atoms with Gasteiger partial charge in [-0.1, -0.05) is 0 Å². The molecule has 7 nitrogen and oxygen atoms in total. The molecule has 0 rings (SSSR count). The van der Waals surface area contributed by atoms with E-state index in [2.05, 4.69) is 0 Å². The van der Waals surface area contributed by atoms with Crippen LogP contribution >= 0.6 is 0 Å². The second-order valence-electron chi connectivity index (χ2n) is 4.29. The molecule has 0 bridgehead atoms. The van der Waals surface area contributed by atoms with Crippen LogP contribution in [0.25, 0.3) is 0 Å². The molecule has 0 amide bonds. The average Bonchev–Trinajstić information content (AvgIpc) is 2.36. The number of methoxy groups -OCH3 is 3. The number of hydrogen-bond donors (Lipinski definition) is 0. The van der Waals surface area contributed by atoms with Gasteiger partial charge in [0, 0.05) is 35.2 Å². The Morgan fingerprint density at radius 1 is 0.900 bits per heavy atom. The Kier molecular flexibility index (Phi) is 9.11. The van der Waals surface area contributed by atoms with Crippen LogP contribution < -0.4 is 0 Å². The molecule has 0 fully saturated rings. The lowest BCUT2D eigenvalue weighted by molar-refractivity contribution is -0.176. The minimum atomic E-state index is -0.557. The summed E-state index contributed by atoms with van der Waals surface area (Å²) in [5, 5.41) is 0. The van der Waals surface area contributed by atoms with Crippen molar-refractivity contribution in [2.75, 3.05) is 27.9 Å². The van der Waals surface area contributed by atoms with Crippen molar-refractivity contribution >= 4 is 11.9 Å². The summed E-state index contributed by atoms with van der Waals surface area (Å²) in [4.78, 5) is 21.9. The Labute approximate surface area is 119 Å². The Balaban J connectivity index is 4.86. The fraction of sp³-hybridized carbons (Fsp3) is 0.846. The summed E-state index contributed by atoms with van der Waals surface area (Å²) in [6.45, 7) is 4.35. The highest BCUT2D eigenvalue weighted by Gasteiger charge is 2.36. The highest BCUT2D eigenvalue weighted by molar-refractivity contribution is 5.66. The van der Waals surface area contributed by atoms with Gasteiger partial charge in [0.2, 0.25) is 0 Å². The third-order valence-corrected chi connectivity index (χ3v) is 2.80. The lowest BCUT2D eigenvalue weighted by Gasteiger charge is -2.33. The third-order valence-electron chi connectivity index (χ3n) is 2.80. The molecule has 0 N–H and O–H groups in total. The molecule has 0 aromatic heterocycles. The summed E-state index contributed by atoms with van der Waals surface area (Å²) in [6, 6.07) is 0. The second-order valence-corrected chi connectivity index (χ2v) is 4.29. The van der Waals surface area contributed by atoms with Gasteiger partial charge in [0.15, 0.2) is 0 Å². The molecule has 0 aromatic rings. The summed E-state index contributed by atoms with van der Waals surface area (Å²) in [5.41, 5.74) is 0. The zero-order valence-electron chi connectivity index (χ0n) is 12.9. The Bertz CT molecular complexity index is 305. The van der Waals surface area contributed by atoms with Gasteiger partial charge >= 0.3 is 11.9 Å². The maximum absolute atomic E-state index is 11.0. The molecule has 0 aromatic carbocycles. The standard InChI is InChI=1S/C13H24O7/c1-8(20-10(3)15)12(17-5)13(18-6)11(16-4)7-19-9(2)14/h8,11-13H,7H2,1-6H3/t8-,11-,12-,13-/m1/s1. The molecule has 20 heavy (non-hydrogen) atoms. The average molecular weight is 292 g/mol. The van der Waals surface area contributed by atoms with Crippen LogP contribution in [0, 0.1) is 0 Å². The minimum absolute atomic E-state index is 0.0248. The molecule has 0 radical (unpaired) electrons. The lowest BCUT2D eigenvalue weighted by atomic mass is 10.0. The predicted octanol–water partition coefficient (Wildman–Crippen LogP) is 0.546. The lowest BCUT2D eigenvalue weighted by Crippen LogP contribution is -2.49. The van der Waals surface area contributed by atoms with Gasteiger partial charge < -0.3 is 23.7 Å². The quantitative estimate of drug-likeness (QED) is 0.574. The van der Waals surface area contributed by atoms with Crippen molar-refractivity contribution in [3.8, 4) is 0 Å². The van der Waals surface area contributed by atoms with Crippen molar-refractivity contribution in [3.63, 3.8) is 0 Å². The van der Waals surface area contributed by atoms with E-state index in [1.54, 1.807) is 6.92 Å². The van der Waals surface area contributed by atoms with Crippen LogP contribution in [0.3, 0.4) is 0 Å². The number of carbonyl (C=O) groups is 2. The van der Waals surface area contributed by atoms with E-state index in [1.165, 1.54) is 35.2 Å². The number of carbonyl (C=O) groups excluding carboxylic acids is 2. The van der Waals surface area contributed by atoms with Crippen molar-refractivity contribution in [2.24, 2.45) is 0 Å². The van der Waals surface area contributed by atoms with E-state index in [9.17, 15) is 9.59 Å². The van der Waals surface area contributed by atoms with Gasteiger partial charge in [-0.15, -0.1) is 0 Å². The highest BCUT2D eigenvalue weighted by Crippen LogP contribution is 2.17. The molecule has 118 valence electrons. The smallest absolute Gasteiger partial charge is 0.302 e. The van der Waals surface area contributed by atoms with Crippen LogP contribution in [0.4, 0.5) is 0 Å². The first kappa shape index (κ1) is 18.8.